The number of ether oxygens (including phenoxy) is 2. The smallest absolute Gasteiger partial charge is 0.316 e. The Bertz CT molecular complexity index is 735. The Labute approximate surface area is 148 Å². The van der Waals surface area contributed by atoms with Gasteiger partial charge in [-0.15, -0.1) is 0 Å². The molecule has 2 aromatic carbocycles. The molecule has 0 fully saturated rings. The Morgan fingerprint density at radius 2 is 1.16 bits per heavy atom. The number of hydrogen-bond donors (Lipinski definition) is 0. The fraction of sp³-hybridized carbons (Fsp3) is 0.333. The Morgan fingerprint density at radius 1 is 0.760 bits per heavy atom. The van der Waals surface area contributed by atoms with Crippen molar-refractivity contribution in [3.63, 3.8) is 0 Å². The highest BCUT2D eigenvalue weighted by molar-refractivity contribution is 5.78. The molecule has 0 unspecified atom stereocenters. The van der Waals surface area contributed by atoms with E-state index >= 15 is 0 Å². The molecular weight excluding hydrogens is 316 g/mol. The van der Waals surface area contributed by atoms with E-state index in [1.54, 1.807) is 38.1 Å². The van der Waals surface area contributed by atoms with E-state index in [1.807, 2.05) is 45.0 Å². The summed E-state index contributed by atoms with van der Waals surface area (Å²) in [4.78, 5) is 23.5. The third kappa shape index (κ3) is 5.18. The summed E-state index contributed by atoms with van der Waals surface area (Å²) in [5.41, 5.74) is 1.43. The lowest BCUT2D eigenvalue weighted by molar-refractivity contribution is -0.143. The largest absolute Gasteiger partial charge is 0.426 e. The second-order valence-electron chi connectivity index (χ2n) is 7.26. The minimum Gasteiger partial charge on any atom is -0.426 e. The van der Waals surface area contributed by atoms with Gasteiger partial charge in [-0.05, 0) is 56.2 Å². The van der Waals surface area contributed by atoms with E-state index in [0.29, 0.717) is 11.5 Å². The molecule has 2 aromatic rings. The average molecular weight is 340 g/mol. The van der Waals surface area contributed by atoms with Crippen molar-refractivity contribution in [1.82, 2.24) is 0 Å². The first-order valence-electron chi connectivity index (χ1n) is 8.31. The lowest BCUT2D eigenvalue weighted by atomic mass is 9.97. The van der Waals surface area contributed by atoms with Crippen molar-refractivity contribution < 1.29 is 19.1 Å². The minimum atomic E-state index is -0.540. The summed E-state index contributed by atoms with van der Waals surface area (Å²) < 4.78 is 10.6. The summed E-state index contributed by atoms with van der Waals surface area (Å²) in [5, 5.41) is 0. The first-order chi connectivity index (χ1) is 11.7. The van der Waals surface area contributed by atoms with E-state index < -0.39 is 5.41 Å². The second-order valence-corrected chi connectivity index (χ2v) is 7.26. The van der Waals surface area contributed by atoms with Crippen LogP contribution in [-0.4, -0.2) is 11.9 Å². The monoisotopic (exact) mass is 340 g/mol. The number of esters is 2. The van der Waals surface area contributed by atoms with Crippen molar-refractivity contribution in [2.24, 2.45) is 11.3 Å². The zero-order chi connectivity index (χ0) is 18.6. The number of rotatable bonds is 4. The zero-order valence-corrected chi connectivity index (χ0v) is 15.3. The molecule has 4 nitrogen and oxygen atoms in total. The first-order valence-corrected chi connectivity index (χ1v) is 8.31. The lowest BCUT2D eigenvalue weighted by Crippen LogP contribution is -2.25. The van der Waals surface area contributed by atoms with Crippen LogP contribution in [0.3, 0.4) is 0 Å². The molecule has 0 atom stereocenters. The molecule has 0 aliphatic rings. The molecule has 4 heteroatoms. The topological polar surface area (TPSA) is 52.6 Å². The Hall–Kier alpha value is -2.62. The first kappa shape index (κ1) is 18.7. The highest BCUT2D eigenvalue weighted by atomic mass is 16.5. The van der Waals surface area contributed by atoms with Crippen LogP contribution < -0.4 is 9.47 Å². The SMILES string of the molecule is CC(C)C(=O)Oc1ccc(-c2ccc(OC(=O)C(C)(C)C)cc2)cc1. The maximum atomic E-state index is 11.9. The zero-order valence-electron chi connectivity index (χ0n) is 15.3. The molecule has 0 saturated carbocycles. The maximum absolute atomic E-state index is 11.9. The van der Waals surface area contributed by atoms with E-state index in [4.69, 9.17) is 9.47 Å². The molecule has 0 N–H and O–H groups in total. The van der Waals surface area contributed by atoms with Gasteiger partial charge < -0.3 is 9.47 Å². The summed E-state index contributed by atoms with van der Waals surface area (Å²) in [5.74, 6) is 0.363. The van der Waals surface area contributed by atoms with Crippen LogP contribution >= 0.6 is 0 Å². The van der Waals surface area contributed by atoms with Crippen LogP contribution in [0, 0.1) is 11.3 Å². The third-order valence-corrected chi connectivity index (χ3v) is 3.55. The van der Waals surface area contributed by atoms with Gasteiger partial charge in [0, 0.05) is 0 Å². The van der Waals surface area contributed by atoms with Gasteiger partial charge >= 0.3 is 11.9 Å². The Kier molecular flexibility index (Phi) is 5.62. The van der Waals surface area contributed by atoms with Gasteiger partial charge in [-0.25, -0.2) is 0 Å². The van der Waals surface area contributed by atoms with E-state index in [2.05, 4.69) is 0 Å². The van der Waals surface area contributed by atoms with E-state index in [1.165, 1.54) is 0 Å². The van der Waals surface area contributed by atoms with Crippen LogP contribution in [0.15, 0.2) is 48.5 Å². The van der Waals surface area contributed by atoms with Crippen molar-refractivity contribution >= 4 is 11.9 Å². The highest BCUT2D eigenvalue weighted by Gasteiger charge is 2.23. The third-order valence-electron chi connectivity index (χ3n) is 3.55. The van der Waals surface area contributed by atoms with Gasteiger partial charge in [0.15, 0.2) is 0 Å². The molecule has 0 aliphatic heterocycles. The molecule has 0 saturated heterocycles. The number of carbonyl (C=O) groups excluding carboxylic acids is 2. The van der Waals surface area contributed by atoms with Crippen molar-refractivity contribution in [2.75, 3.05) is 0 Å². The molecule has 0 heterocycles. The Morgan fingerprint density at radius 3 is 1.52 bits per heavy atom. The molecule has 0 radical (unpaired) electrons. The van der Waals surface area contributed by atoms with Crippen molar-refractivity contribution in [1.29, 1.82) is 0 Å². The fourth-order valence-corrected chi connectivity index (χ4v) is 1.92. The molecule has 0 bridgehead atoms. The maximum Gasteiger partial charge on any atom is 0.316 e. The van der Waals surface area contributed by atoms with E-state index in [0.717, 1.165) is 11.1 Å². The van der Waals surface area contributed by atoms with Crippen LogP contribution in [0.5, 0.6) is 11.5 Å². The van der Waals surface area contributed by atoms with Gasteiger partial charge in [-0.3, -0.25) is 9.59 Å². The van der Waals surface area contributed by atoms with Gasteiger partial charge in [0.2, 0.25) is 0 Å². The number of benzene rings is 2. The van der Waals surface area contributed by atoms with E-state index in [9.17, 15) is 9.59 Å². The molecule has 0 spiro atoms. The molecule has 0 aromatic heterocycles. The normalized spacial score (nSPS) is 11.3. The number of hydrogen-bond acceptors (Lipinski definition) is 4. The molecule has 0 amide bonds. The van der Waals surface area contributed by atoms with Gasteiger partial charge in [0.1, 0.15) is 11.5 Å². The van der Waals surface area contributed by atoms with Crippen LogP contribution in [0.2, 0.25) is 0 Å². The standard InChI is InChI=1S/C21H24O4/c1-14(2)19(22)24-17-10-6-15(7-11-17)16-8-12-18(13-9-16)25-20(23)21(3,4)5/h6-14H,1-5H3. The quantitative estimate of drug-likeness (QED) is 0.589. The predicted octanol–water partition coefficient (Wildman–Crippen LogP) is 4.87. The molecular formula is C21H24O4. The molecule has 0 aliphatic carbocycles. The Balaban J connectivity index is 2.07. The summed E-state index contributed by atoms with van der Waals surface area (Å²) in [6, 6.07) is 14.6. The summed E-state index contributed by atoms with van der Waals surface area (Å²) in [6.45, 7) is 9.04. The molecule has 25 heavy (non-hydrogen) atoms. The van der Waals surface area contributed by atoms with E-state index in [-0.39, 0.29) is 17.9 Å². The average Bonchev–Trinajstić information content (AvgIpc) is 2.55. The van der Waals surface area contributed by atoms with Gasteiger partial charge in [0.05, 0.1) is 11.3 Å². The van der Waals surface area contributed by atoms with Gasteiger partial charge in [0.25, 0.3) is 0 Å². The van der Waals surface area contributed by atoms with Gasteiger partial charge in [-0.1, -0.05) is 38.1 Å². The van der Waals surface area contributed by atoms with Gasteiger partial charge in [-0.2, -0.15) is 0 Å². The summed E-state index contributed by atoms with van der Waals surface area (Å²) >= 11 is 0. The fourth-order valence-electron chi connectivity index (χ4n) is 1.92. The second kappa shape index (κ2) is 7.51. The van der Waals surface area contributed by atoms with Crippen LogP contribution in [0.1, 0.15) is 34.6 Å². The van der Waals surface area contributed by atoms with Crippen LogP contribution in [0.25, 0.3) is 11.1 Å². The van der Waals surface area contributed by atoms with Crippen LogP contribution in [-0.2, 0) is 9.59 Å². The molecule has 132 valence electrons. The summed E-state index contributed by atoms with van der Waals surface area (Å²) in [6.07, 6.45) is 0. The van der Waals surface area contributed by atoms with Crippen molar-refractivity contribution in [3.8, 4) is 22.6 Å². The number of carbonyl (C=O) groups is 2. The van der Waals surface area contributed by atoms with Crippen LogP contribution in [0.4, 0.5) is 0 Å². The van der Waals surface area contributed by atoms with Crippen molar-refractivity contribution in [2.45, 2.75) is 34.6 Å². The predicted molar refractivity (Wildman–Crippen MR) is 97.4 cm³/mol. The highest BCUT2D eigenvalue weighted by Crippen LogP contribution is 2.26. The summed E-state index contributed by atoms with van der Waals surface area (Å²) in [7, 11) is 0. The minimum absolute atomic E-state index is 0.164. The van der Waals surface area contributed by atoms with Crippen molar-refractivity contribution in [3.05, 3.63) is 48.5 Å². The molecule has 2 rings (SSSR count). The lowest BCUT2D eigenvalue weighted by Gasteiger charge is -2.16.